The van der Waals surface area contributed by atoms with Gasteiger partial charge in [-0.2, -0.15) is 5.10 Å². The highest BCUT2D eigenvalue weighted by Crippen LogP contribution is 2.26. The Labute approximate surface area is 120 Å². The summed E-state index contributed by atoms with van der Waals surface area (Å²) in [6.45, 7) is 5.49. The van der Waals surface area contributed by atoms with Crippen LogP contribution in [0.2, 0.25) is 0 Å². The van der Waals surface area contributed by atoms with Crippen LogP contribution in [0.1, 0.15) is 16.8 Å². The molecule has 0 unspecified atom stereocenters. The van der Waals surface area contributed by atoms with Crippen molar-refractivity contribution in [1.29, 1.82) is 0 Å². The Morgan fingerprint density at radius 1 is 1.26 bits per heavy atom. The highest BCUT2D eigenvalue weighted by Gasteiger charge is 2.20. The van der Waals surface area contributed by atoms with Crippen LogP contribution in [0.5, 0.6) is 0 Å². The van der Waals surface area contributed by atoms with Crippen molar-refractivity contribution in [2.45, 2.75) is 25.7 Å². The SMILES string of the molecule is Cc1ccc(Br)c(S(=O)(=O)Nc2n[nH]c(C)c2C)c1. The topological polar surface area (TPSA) is 74.8 Å². The van der Waals surface area contributed by atoms with Gasteiger partial charge in [0.15, 0.2) is 5.82 Å². The predicted molar refractivity (Wildman–Crippen MR) is 77.7 cm³/mol. The van der Waals surface area contributed by atoms with Crippen LogP contribution in [0.25, 0.3) is 0 Å². The Morgan fingerprint density at radius 2 is 1.95 bits per heavy atom. The molecule has 2 rings (SSSR count). The molecule has 0 aliphatic heterocycles. The Bertz CT molecular complexity index is 723. The van der Waals surface area contributed by atoms with E-state index in [0.717, 1.165) is 16.8 Å². The Balaban J connectivity index is 2.43. The number of sulfonamides is 1. The van der Waals surface area contributed by atoms with Crippen molar-refractivity contribution in [3.63, 3.8) is 0 Å². The summed E-state index contributed by atoms with van der Waals surface area (Å²) in [6, 6.07) is 5.17. The first kappa shape index (κ1) is 14.1. The zero-order valence-corrected chi connectivity index (χ0v) is 13.2. The van der Waals surface area contributed by atoms with Crippen molar-refractivity contribution in [2.75, 3.05) is 4.72 Å². The van der Waals surface area contributed by atoms with Crippen molar-refractivity contribution in [3.8, 4) is 0 Å². The van der Waals surface area contributed by atoms with Gasteiger partial charge < -0.3 is 0 Å². The van der Waals surface area contributed by atoms with Gasteiger partial charge in [0, 0.05) is 15.7 Å². The molecule has 0 saturated heterocycles. The lowest BCUT2D eigenvalue weighted by Crippen LogP contribution is -2.14. The molecule has 1 aromatic carbocycles. The summed E-state index contributed by atoms with van der Waals surface area (Å²) < 4.78 is 27.7. The predicted octanol–water partition coefficient (Wildman–Crippen LogP) is 2.90. The molecule has 1 aromatic heterocycles. The van der Waals surface area contributed by atoms with Gasteiger partial charge in [0.1, 0.15) is 4.90 Å². The van der Waals surface area contributed by atoms with Gasteiger partial charge in [-0.05, 0) is 54.4 Å². The molecule has 5 nitrogen and oxygen atoms in total. The minimum Gasteiger partial charge on any atom is -0.280 e. The number of hydrogen-bond acceptors (Lipinski definition) is 3. The molecule has 0 aliphatic carbocycles. The highest BCUT2D eigenvalue weighted by molar-refractivity contribution is 9.10. The number of aromatic nitrogens is 2. The van der Waals surface area contributed by atoms with Crippen LogP contribution in [0.15, 0.2) is 27.6 Å². The molecular formula is C12H14BrN3O2S. The third-order valence-electron chi connectivity index (χ3n) is 2.86. The maximum absolute atomic E-state index is 12.3. The summed E-state index contributed by atoms with van der Waals surface area (Å²) in [6.07, 6.45) is 0. The van der Waals surface area contributed by atoms with Crippen LogP contribution >= 0.6 is 15.9 Å². The van der Waals surface area contributed by atoms with E-state index >= 15 is 0 Å². The summed E-state index contributed by atoms with van der Waals surface area (Å²) >= 11 is 3.26. The number of aryl methyl sites for hydroxylation is 2. The smallest absolute Gasteiger partial charge is 0.264 e. The number of halogens is 1. The molecule has 0 fully saturated rings. The molecule has 2 aromatic rings. The number of nitrogens with one attached hydrogen (secondary N) is 2. The minimum atomic E-state index is -3.66. The van der Waals surface area contributed by atoms with E-state index in [-0.39, 0.29) is 4.90 Å². The molecule has 0 amide bonds. The van der Waals surface area contributed by atoms with Gasteiger partial charge in [0.05, 0.1) is 0 Å². The molecule has 19 heavy (non-hydrogen) atoms. The maximum atomic E-state index is 12.3. The van der Waals surface area contributed by atoms with Gasteiger partial charge in [-0.3, -0.25) is 9.82 Å². The van der Waals surface area contributed by atoms with Crippen LogP contribution in [-0.4, -0.2) is 18.6 Å². The second-order valence-corrected chi connectivity index (χ2v) is 6.87. The Hall–Kier alpha value is -1.34. The summed E-state index contributed by atoms with van der Waals surface area (Å²) in [5.41, 5.74) is 2.49. The van der Waals surface area contributed by atoms with E-state index in [0.29, 0.717) is 10.3 Å². The average molecular weight is 344 g/mol. The van der Waals surface area contributed by atoms with Gasteiger partial charge in [-0.15, -0.1) is 0 Å². The average Bonchev–Trinajstić information content (AvgIpc) is 2.63. The number of rotatable bonds is 3. The van der Waals surface area contributed by atoms with Gasteiger partial charge in [-0.1, -0.05) is 6.07 Å². The molecule has 0 aliphatic rings. The molecule has 0 radical (unpaired) electrons. The number of nitrogens with zero attached hydrogens (tertiary/aromatic N) is 1. The lowest BCUT2D eigenvalue weighted by molar-refractivity contribution is 0.600. The molecule has 1 heterocycles. The van der Waals surface area contributed by atoms with E-state index in [4.69, 9.17) is 0 Å². The molecule has 0 spiro atoms. The van der Waals surface area contributed by atoms with E-state index in [2.05, 4.69) is 30.8 Å². The maximum Gasteiger partial charge on any atom is 0.264 e. The van der Waals surface area contributed by atoms with Gasteiger partial charge in [0.25, 0.3) is 10.0 Å². The number of benzene rings is 1. The third-order valence-corrected chi connectivity index (χ3v) is 5.19. The van der Waals surface area contributed by atoms with Crippen molar-refractivity contribution in [2.24, 2.45) is 0 Å². The van der Waals surface area contributed by atoms with Gasteiger partial charge in [-0.25, -0.2) is 8.42 Å². The summed E-state index contributed by atoms with van der Waals surface area (Å²) in [5, 5.41) is 6.70. The van der Waals surface area contributed by atoms with E-state index in [9.17, 15) is 8.42 Å². The van der Waals surface area contributed by atoms with Crippen molar-refractivity contribution in [3.05, 3.63) is 39.5 Å². The van der Waals surface area contributed by atoms with Crippen LogP contribution in [0.3, 0.4) is 0 Å². The van der Waals surface area contributed by atoms with E-state index in [1.807, 2.05) is 26.8 Å². The number of anilines is 1. The fourth-order valence-corrected chi connectivity index (χ4v) is 3.70. The normalized spacial score (nSPS) is 11.6. The number of aromatic amines is 1. The summed E-state index contributed by atoms with van der Waals surface area (Å²) in [5.74, 6) is 0.325. The first-order valence-corrected chi connectivity index (χ1v) is 7.89. The molecule has 2 N–H and O–H groups in total. The van der Waals surface area contributed by atoms with Crippen molar-refractivity contribution < 1.29 is 8.42 Å². The third kappa shape index (κ3) is 2.82. The number of hydrogen-bond donors (Lipinski definition) is 2. The first-order chi connectivity index (χ1) is 8.81. The standard InChI is InChI=1S/C12H14BrN3O2S/c1-7-4-5-10(13)11(6-7)19(17,18)16-12-8(2)9(3)14-15-12/h4-6H,1-3H3,(H2,14,15,16). The van der Waals surface area contributed by atoms with Crippen molar-refractivity contribution in [1.82, 2.24) is 10.2 Å². The lowest BCUT2D eigenvalue weighted by Gasteiger charge is -2.09. The van der Waals surface area contributed by atoms with Gasteiger partial charge in [0.2, 0.25) is 0 Å². The fourth-order valence-electron chi connectivity index (χ4n) is 1.58. The Morgan fingerprint density at radius 3 is 2.53 bits per heavy atom. The van der Waals surface area contributed by atoms with Crippen LogP contribution < -0.4 is 4.72 Å². The molecule has 0 atom stereocenters. The van der Waals surface area contributed by atoms with E-state index in [1.165, 1.54) is 0 Å². The highest BCUT2D eigenvalue weighted by atomic mass is 79.9. The molecule has 7 heteroatoms. The summed E-state index contributed by atoms with van der Waals surface area (Å²) in [4.78, 5) is 0.201. The molecule has 0 saturated carbocycles. The summed E-state index contributed by atoms with van der Waals surface area (Å²) in [7, 11) is -3.66. The van der Waals surface area contributed by atoms with Crippen LogP contribution in [-0.2, 0) is 10.0 Å². The minimum absolute atomic E-state index is 0.201. The van der Waals surface area contributed by atoms with Crippen molar-refractivity contribution >= 4 is 31.8 Å². The quantitative estimate of drug-likeness (QED) is 0.899. The Kier molecular flexibility index (Phi) is 3.69. The second-order valence-electron chi connectivity index (χ2n) is 4.36. The van der Waals surface area contributed by atoms with Crippen LogP contribution in [0, 0.1) is 20.8 Å². The van der Waals surface area contributed by atoms with E-state index in [1.54, 1.807) is 12.1 Å². The van der Waals surface area contributed by atoms with Gasteiger partial charge >= 0.3 is 0 Å². The lowest BCUT2D eigenvalue weighted by atomic mass is 10.2. The fraction of sp³-hybridized carbons (Fsp3) is 0.250. The van der Waals surface area contributed by atoms with E-state index < -0.39 is 10.0 Å². The molecular weight excluding hydrogens is 330 g/mol. The first-order valence-electron chi connectivity index (χ1n) is 5.62. The monoisotopic (exact) mass is 343 g/mol. The molecule has 102 valence electrons. The van der Waals surface area contributed by atoms with Crippen LogP contribution in [0.4, 0.5) is 5.82 Å². The zero-order chi connectivity index (χ0) is 14.2. The largest absolute Gasteiger partial charge is 0.280 e. The second kappa shape index (κ2) is 4.97. The molecule has 0 bridgehead atoms. The zero-order valence-electron chi connectivity index (χ0n) is 10.8. The number of H-pyrrole nitrogens is 1.